The van der Waals surface area contributed by atoms with Gasteiger partial charge in [0.05, 0.1) is 27.4 Å². The number of carbonyl (C=O) groups is 3. The minimum absolute atomic E-state index is 0.0668. The van der Waals surface area contributed by atoms with Gasteiger partial charge in [0.1, 0.15) is 11.5 Å². The van der Waals surface area contributed by atoms with Crippen molar-refractivity contribution in [3.8, 4) is 11.5 Å². The lowest BCUT2D eigenvalue weighted by molar-refractivity contribution is -0.154. The Bertz CT molecular complexity index is 1050. The molecule has 0 aliphatic carbocycles. The standard InChI is InChI=1S/C28H38N2O7/c1-9-36-26(32)24(29(19(3)31)20-11-15-22(34-7)16-12-20)25(27(33)37-10-2)30(28(4,5)6)21-13-17-23(35-8)18-14-21/h11-18,24-25H,9-10H2,1-8H3/t24-,25+/m0/s1. The summed E-state index contributed by atoms with van der Waals surface area (Å²) in [5.74, 6) is -0.617. The fraction of sp³-hybridized carbons (Fsp3) is 0.464. The molecule has 1 amide bonds. The number of methoxy groups -OCH3 is 2. The summed E-state index contributed by atoms with van der Waals surface area (Å²) < 4.78 is 21.5. The van der Waals surface area contributed by atoms with Gasteiger partial charge in [0.2, 0.25) is 5.91 Å². The number of carbonyl (C=O) groups excluding carboxylic acids is 3. The number of hydrogen-bond acceptors (Lipinski definition) is 8. The van der Waals surface area contributed by atoms with Crippen LogP contribution in [0.1, 0.15) is 41.5 Å². The number of rotatable bonds is 11. The number of ether oxygens (including phenoxy) is 4. The van der Waals surface area contributed by atoms with Gasteiger partial charge < -0.3 is 23.8 Å². The molecule has 0 N–H and O–H groups in total. The first-order valence-electron chi connectivity index (χ1n) is 12.2. The van der Waals surface area contributed by atoms with Gasteiger partial charge in [-0.3, -0.25) is 9.69 Å². The highest BCUT2D eigenvalue weighted by Gasteiger charge is 2.48. The monoisotopic (exact) mass is 514 g/mol. The number of anilines is 2. The molecule has 0 aliphatic rings. The van der Waals surface area contributed by atoms with Crippen LogP contribution >= 0.6 is 0 Å². The number of esters is 2. The number of benzene rings is 2. The van der Waals surface area contributed by atoms with E-state index in [0.29, 0.717) is 22.9 Å². The molecular formula is C28H38N2O7. The first-order chi connectivity index (χ1) is 17.5. The summed E-state index contributed by atoms with van der Waals surface area (Å²) in [6.45, 7) is 10.6. The molecule has 0 saturated heterocycles. The van der Waals surface area contributed by atoms with Crippen LogP contribution in [0.15, 0.2) is 48.5 Å². The van der Waals surface area contributed by atoms with Crippen LogP contribution in [0.3, 0.4) is 0 Å². The van der Waals surface area contributed by atoms with Gasteiger partial charge >= 0.3 is 11.9 Å². The Kier molecular flexibility index (Phi) is 10.3. The molecule has 0 unspecified atom stereocenters. The lowest BCUT2D eigenvalue weighted by atomic mass is 9.95. The fourth-order valence-corrected chi connectivity index (χ4v) is 4.20. The number of hydrogen-bond donors (Lipinski definition) is 0. The second kappa shape index (κ2) is 13.0. The first-order valence-corrected chi connectivity index (χ1v) is 12.2. The van der Waals surface area contributed by atoms with E-state index < -0.39 is 35.5 Å². The molecule has 9 heteroatoms. The summed E-state index contributed by atoms with van der Waals surface area (Å²) in [6, 6.07) is 11.2. The second-order valence-electron chi connectivity index (χ2n) is 9.22. The van der Waals surface area contributed by atoms with Gasteiger partial charge in [-0.2, -0.15) is 0 Å². The number of amides is 1. The summed E-state index contributed by atoms with van der Waals surface area (Å²) >= 11 is 0. The van der Waals surface area contributed by atoms with E-state index >= 15 is 0 Å². The smallest absolute Gasteiger partial charge is 0.332 e. The quantitative estimate of drug-likeness (QED) is 0.412. The maximum atomic E-state index is 13.7. The summed E-state index contributed by atoms with van der Waals surface area (Å²) in [6.07, 6.45) is 0. The normalized spacial score (nSPS) is 12.6. The minimum atomic E-state index is -1.36. The maximum Gasteiger partial charge on any atom is 0.332 e. The molecule has 0 fully saturated rings. The molecule has 9 nitrogen and oxygen atoms in total. The highest BCUT2D eigenvalue weighted by Crippen LogP contribution is 2.33. The average Bonchev–Trinajstić information content (AvgIpc) is 2.85. The number of nitrogens with zero attached hydrogens (tertiary/aromatic N) is 2. The van der Waals surface area contributed by atoms with Crippen LogP contribution in [-0.4, -0.2) is 62.9 Å². The van der Waals surface area contributed by atoms with E-state index in [1.54, 1.807) is 74.4 Å². The van der Waals surface area contributed by atoms with Crippen molar-refractivity contribution in [2.24, 2.45) is 0 Å². The minimum Gasteiger partial charge on any atom is -0.497 e. The molecule has 2 aromatic carbocycles. The third-order valence-electron chi connectivity index (χ3n) is 5.67. The summed E-state index contributed by atoms with van der Waals surface area (Å²) in [5.41, 5.74) is 0.363. The van der Waals surface area contributed by atoms with Gasteiger partial charge in [-0.1, -0.05) is 0 Å². The third kappa shape index (κ3) is 7.15. The average molecular weight is 515 g/mol. The van der Waals surface area contributed by atoms with Crippen LogP contribution in [0, 0.1) is 0 Å². The van der Waals surface area contributed by atoms with Gasteiger partial charge in [0.15, 0.2) is 12.1 Å². The zero-order valence-corrected chi connectivity index (χ0v) is 22.9. The summed E-state index contributed by atoms with van der Waals surface area (Å²) in [7, 11) is 3.10. The van der Waals surface area contributed by atoms with E-state index in [4.69, 9.17) is 18.9 Å². The largest absolute Gasteiger partial charge is 0.497 e. The lowest BCUT2D eigenvalue weighted by Gasteiger charge is -2.46. The molecule has 2 rings (SSSR count). The Labute approximate surface area is 219 Å². The zero-order valence-electron chi connectivity index (χ0n) is 22.9. The van der Waals surface area contributed by atoms with Crippen LogP contribution in [0.25, 0.3) is 0 Å². The van der Waals surface area contributed by atoms with Gasteiger partial charge in [0.25, 0.3) is 0 Å². The van der Waals surface area contributed by atoms with E-state index in [2.05, 4.69) is 0 Å². The van der Waals surface area contributed by atoms with Crippen molar-refractivity contribution >= 4 is 29.2 Å². The predicted octanol–water partition coefficient (Wildman–Crippen LogP) is 4.23. The Morgan fingerprint density at radius 3 is 1.49 bits per heavy atom. The summed E-state index contributed by atoms with van der Waals surface area (Å²) in [4.78, 5) is 43.5. The van der Waals surface area contributed by atoms with Crippen LogP contribution in [0.5, 0.6) is 11.5 Å². The molecule has 0 spiro atoms. The van der Waals surface area contributed by atoms with E-state index in [1.807, 2.05) is 20.8 Å². The van der Waals surface area contributed by atoms with Gasteiger partial charge in [-0.15, -0.1) is 0 Å². The zero-order chi connectivity index (χ0) is 27.8. The van der Waals surface area contributed by atoms with Crippen molar-refractivity contribution in [1.82, 2.24) is 0 Å². The molecular weight excluding hydrogens is 476 g/mol. The fourth-order valence-electron chi connectivity index (χ4n) is 4.20. The van der Waals surface area contributed by atoms with Crippen molar-refractivity contribution in [2.45, 2.75) is 59.2 Å². The molecule has 2 aromatic rings. The van der Waals surface area contributed by atoms with E-state index in [1.165, 1.54) is 18.9 Å². The highest BCUT2D eigenvalue weighted by atomic mass is 16.5. The van der Waals surface area contributed by atoms with Crippen molar-refractivity contribution in [2.75, 3.05) is 37.2 Å². The van der Waals surface area contributed by atoms with Crippen molar-refractivity contribution in [3.05, 3.63) is 48.5 Å². The molecule has 0 aliphatic heterocycles. The molecule has 0 aromatic heterocycles. The maximum absolute atomic E-state index is 13.7. The Balaban J connectivity index is 2.83. The predicted molar refractivity (Wildman–Crippen MR) is 142 cm³/mol. The van der Waals surface area contributed by atoms with Gasteiger partial charge in [-0.25, -0.2) is 9.59 Å². The third-order valence-corrected chi connectivity index (χ3v) is 5.67. The van der Waals surface area contributed by atoms with E-state index in [-0.39, 0.29) is 13.2 Å². The SMILES string of the molecule is CCOC(=O)[C@H]([C@H](C(=O)OCC)N(c1ccc(OC)cc1)C(C)(C)C)N(C(C)=O)c1ccc(OC)cc1. The van der Waals surface area contributed by atoms with E-state index in [0.717, 1.165) is 0 Å². The molecule has 0 radical (unpaired) electrons. The van der Waals surface area contributed by atoms with E-state index in [9.17, 15) is 14.4 Å². The molecule has 2 atom stereocenters. The van der Waals surface area contributed by atoms with Gasteiger partial charge in [0, 0.05) is 23.8 Å². The first kappa shape index (κ1) is 29.5. The molecule has 202 valence electrons. The Morgan fingerprint density at radius 1 is 0.730 bits per heavy atom. The molecule has 0 bridgehead atoms. The molecule has 37 heavy (non-hydrogen) atoms. The second-order valence-corrected chi connectivity index (χ2v) is 9.22. The van der Waals surface area contributed by atoms with Crippen molar-refractivity contribution in [1.29, 1.82) is 0 Å². The van der Waals surface area contributed by atoms with Crippen molar-refractivity contribution in [3.63, 3.8) is 0 Å². The van der Waals surface area contributed by atoms with Crippen molar-refractivity contribution < 1.29 is 33.3 Å². The molecule has 0 saturated carbocycles. The van der Waals surface area contributed by atoms with Crippen LogP contribution in [0.2, 0.25) is 0 Å². The summed E-state index contributed by atoms with van der Waals surface area (Å²) in [5, 5.41) is 0. The topological polar surface area (TPSA) is 94.6 Å². The van der Waals surface area contributed by atoms with Crippen LogP contribution in [-0.2, 0) is 23.9 Å². The molecule has 0 heterocycles. The lowest BCUT2D eigenvalue weighted by Crippen LogP contribution is -2.65. The van der Waals surface area contributed by atoms with Crippen LogP contribution in [0.4, 0.5) is 11.4 Å². The Hall–Kier alpha value is -3.75. The van der Waals surface area contributed by atoms with Crippen LogP contribution < -0.4 is 19.3 Å². The van der Waals surface area contributed by atoms with Gasteiger partial charge in [-0.05, 0) is 83.1 Å². The highest BCUT2D eigenvalue weighted by molar-refractivity contribution is 6.02. The Morgan fingerprint density at radius 2 is 1.14 bits per heavy atom.